The third kappa shape index (κ3) is 3.32. The molecular weight excluding hydrogens is 348 g/mol. The molecule has 0 bridgehead atoms. The quantitative estimate of drug-likeness (QED) is 0.635. The predicted octanol–water partition coefficient (Wildman–Crippen LogP) is 5.14. The van der Waals surface area contributed by atoms with Gasteiger partial charge in [0.1, 0.15) is 0 Å². The van der Waals surface area contributed by atoms with E-state index >= 15 is 0 Å². The van der Waals surface area contributed by atoms with E-state index in [4.69, 9.17) is 5.10 Å². The van der Waals surface area contributed by atoms with Crippen LogP contribution in [-0.4, -0.2) is 16.8 Å². The maximum absolute atomic E-state index is 11.5. The fourth-order valence-corrected chi connectivity index (χ4v) is 3.54. The van der Waals surface area contributed by atoms with Gasteiger partial charge in [0.15, 0.2) is 0 Å². The summed E-state index contributed by atoms with van der Waals surface area (Å²) in [5.41, 5.74) is 4.52. The smallest absolute Gasteiger partial charge is 0.335 e. The number of hydrogen-bond donors (Lipinski definition) is 1. The number of rotatable bonds is 5. The van der Waals surface area contributed by atoms with Crippen molar-refractivity contribution in [1.29, 1.82) is 0 Å². The van der Waals surface area contributed by atoms with Gasteiger partial charge in [0, 0.05) is 12.0 Å². The summed E-state index contributed by atoms with van der Waals surface area (Å²) in [5, 5.41) is 16.3. The van der Waals surface area contributed by atoms with Gasteiger partial charge < -0.3 is 5.11 Å². The highest BCUT2D eigenvalue weighted by Gasteiger charge is 2.31. The first kappa shape index (κ1) is 17.7. The lowest BCUT2D eigenvalue weighted by Gasteiger charge is -2.23. The Labute approximate surface area is 164 Å². The van der Waals surface area contributed by atoms with Crippen molar-refractivity contribution >= 4 is 22.9 Å². The summed E-state index contributed by atoms with van der Waals surface area (Å²) >= 11 is 0. The van der Waals surface area contributed by atoms with Gasteiger partial charge in [0.25, 0.3) is 0 Å². The molecule has 3 aromatic carbocycles. The number of carboxylic acid groups (broad SMARTS) is 1. The van der Waals surface area contributed by atoms with Gasteiger partial charge in [-0.05, 0) is 23.3 Å². The number of aliphatic carboxylic acids is 1. The Bertz CT molecular complexity index is 1040. The molecule has 1 atom stereocenters. The van der Waals surface area contributed by atoms with Crippen molar-refractivity contribution in [2.75, 3.05) is 5.01 Å². The summed E-state index contributed by atoms with van der Waals surface area (Å²) in [4.78, 5) is 11.5. The largest absolute Gasteiger partial charge is 0.478 e. The number of carbonyl (C=O) groups is 1. The van der Waals surface area contributed by atoms with Crippen molar-refractivity contribution in [1.82, 2.24) is 0 Å². The van der Waals surface area contributed by atoms with Crippen LogP contribution in [0.3, 0.4) is 0 Å². The van der Waals surface area contributed by atoms with Crippen LogP contribution in [0.1, 0.15) is 29.2 Å². The Kier molecular flexibility index (Phi) is 4.77. The number of para-hydroxylation sites is 1. The third-order valence-electron chi connectivity index (χ3n) is 4.94. The molecule has 138 valence electrons. The highest BCUT2D eigenvalue weighted by Crippen LogP contribution is 2.37. The van der Waals surface area contributed by atoms with Gasteiger partial charge in [0.05, 0.1) is 23.0 Å². The molecule has 0 amide bonds. The second kappa shape index (κ2) is 7.53. The van der Waals surface area contributed by atoms with Crippen LogP contribution in [0.2, 0.25) is 0 Å². The molecule has 3 aromatic rings. The highest BCUT2D eigenvalue weighted by molar-refractivity contribution is 6.19. The van der Waals surface area contributed by atoms with Gasteiger partial charge >= 0.3 is 5.97 Å². The average Bonchev–Trinajstić information content (AvgIpc) is 3.20. The monoisotopic (exact) mass is 368 g/mol. The standard InChI is InChI=1S/C24H20N2O2/c1-17(24(27)28)20-14-8-9-15-21(20)22-16-23(18-10-4-2-5-11-18)26(25-22)19-12-6-3-7-13-19/h2-15,23H,1,16H2,(H,27,28). The van der Waals surface area contributed by atoms with Crippen LogP contribution in [0.25, 0.3) is 5.57 Å². The minimum atomic E-state index is -1.02. The molecule has 0 saturated carbocycles. The first-order valence-electron chi connectivity index (χ1n) is 9.14. The van der Waals surface area contributed by atoms with E-state index in [9.17, 15) is 9.90 Å². The minimum absolute atomic E-state index is 0.0461. The second-order valence-electron chi connectivity index (χ2n) is 6.69. The number of hydrogen-bond acceptors (Lipinski definition) is 3. The van der Waals surface area contributed by atoms with Gasteiger partial charge in [-0.25, -0.2) is 4.79 Å². The lowest BCUT2D eigenvalue weighted by atomic mass is 9.93. The molecule has 1 heterocycles. The first-order chi connectivity index (χ1) is 13.6. The fourth-order valence-electron chi connectivity index (χ4n) is 3.54. The molecule has 28 heavy (non-hydrogen) atoms. The molecule has 0 spiro atoms. The molecule has 4 rings (SSSR count). The molecule has 0 radical (unpaired) electrons. The van der Waals surface area contributed by atoms with Crippen LogP contribution in [-0.2, 0) is 4.79 Å². The summed E-state index contributed by atoms with van der Waals surface area (Å²) < 4.78 is 0. The summed E-state index contributed by atoms with van der Waals surface area (Å²) in [6, 6.07) is 27.7. The van der Waals surface area contributed by atoms with Crippen LogP contribution in [0.5, 0.6) is 0 Å². The van der Waals surface area contributed by atoms with E-state index in [0.29, 0.717) is 12.0 Å². The van der Waals surface area contributed by atoms with E-state index in [1.807, 2.05) is 71.7 Å². The van der Waals surface area contributed by atoms with Gasteiger partial charge in [0.2, 0.25) is 0 Å². The number of anilines is 1. The zero-order valence-electron chi connectivity index (χ0n) is 15.3. The van der Waals surface area contributed by atoms with E-state index in [2.05, 4.69) is 18.7 Å². The zero-order chi connectivity index (χ0) is 19.5. The van der Waals surface area contributed by atoms with Crippen molar-refractivity contribution < 1.29 is 9.90 Å². The molecule has 0 aromatic heterocycles. The van der Waals surface area contributed by atoms with E-state index in [1.54, 1.807) is 6.07 Å². The molecule has 4 heteroatoms. The van der Waals surface area contributed by atoms with Crippen molar-refractivity contribution in [2.45, 2.75) is 12.5 Å². The summed E-state index contributed by atoms with van der Waals surface area (Å²) in [6.45, 7) is 3.74. The lowest BCUT2D eigenvalue weighted by molar-refractivity contribution is -0.130. The van der Waals surface area contributed by atoms with Gasteiger partial charge in [-0.2, -0.15) is 5.10 Å². The topological polar surface area (TPSA) is 52.9 Å². The SMILES string of the molecule is C=C(C(=O)O)c1ccccc1C1=NN(c2ccccc2)C(c2ccccc2)C1. The summed E-state index contributed by atoms with van der Waals surface area (Å²) in [6.07, 6.45) is 0.683. The molecule has 1 aliphatic heterocycles. The Hall–Kier alpha value is -3.66. The number of nitrogens with zero attached hydrogens (tertiary/aromatic N) is 2. The molecular formula is C24H20N2O2. The van der Waals surface area contributed by atoms with E-state index in [1.165, 1.54) is 5.56 Å². The number of benzene rings is 3. The Morgan fingerprint density at radius 3 is 2.21 bits per heavy atom. The molecule has 4 nitrogen and oxygen atoms in total. The van der Waals surface area contributed by atoms with Crippen molar-refractivity contribution in [2.24, 2.45) is 5.10 Å². The molecule has 1 unspecified atom stereocenters. The Morgan fingerprint density at radius 1 is 0.929 bits per heavy atom. The fraction of sp³-hybridized carbons (Fsp3) is 0.0833. The number of hydrazone groups is 1. The van der Waals surface area contributed by atoms with Gasteiger partial charge in [-0.1, -0.05) is 79.4 Å². The van der Waals surface area contributed by atoms with Crippen LogP contribution < -0.4 is 5.01 Å². The van der Waals surface area contributed by atoms with Crippen LogP contribution in [0, 0.1) is 0 Å². The van der Waals surface area contributed by atoms with Crippen LogP contribution in [0.15, 0.2) is 96.6 Å². The lowest BCUT2D eigenvalue weighted by Crippen LogP contribution is -2.18. The van der Waals surface area contributed by atoms with Gasteiger partial charge in [-0.15, -0.1) is 0 Å². The van der Waals surface area contributed by atoms with Gasteiger partial charge in [-0.3, -0.25) is 5.01 Å². The van der Waals surface area contributed by atoms with Crippen molar-refractivity contribution in [3.63, 3.8) is 0 Å². The maximum Gasteiger partial charge on any atom is 0.335 e. The zero-order valence-corrected chi connectivity index (χ0v) is 15.3. The summed E-state index contributed by atoms with van der Waals surface area (Å²) in [5.74, 6) is -1.02. The molecule has 0 fully saturated rings. The Morgan fingerprint density at radius 2 is 1.54 bits per heavy atom. The normalized spacial score (nSPS) is 15.9. The maximum atomic E-state index is 11.5. The molecule has 0 saturated heterocycles. The molecule has 1 aliphatic rings. The van der Waals surface area contributed by atoms with E-state index in [0.717, 1.165) is 17.0 Å². The number of carboxylic acids is 1. The van der Waals surface area contributed by atoms with E-state index in [-0.39, 0.29) is 11.6 Å². The average molecular weight is 368 g/mol. The second-order valence-corrected chi connectivity index (χ2v) is 6.69. The highest BCUT2D eigenvalue weighted by atomic mass is 16.4. The van der Waals surface area contributed by atoms with Crippen LogP contribution >= 0.6 is 0 Å². The van der Waals surface area contributed by atoms with E-state index < -0.39 is 5.97 Å². The van der Waals surface area contributed by atoms with Crippen molar-refractivity contribution in [3.8, 4) is 0 Å². The predicted molar refractivity (Wildman–Crippen MR) is 112 cm³/mol. The van der Waals surface area contributed by atoms with Crippen molar-refractivity contribution in [3.05, 3.63) is 108 Å². The first-order valence-corrected chi connectivity index (χ1v) is 9.14. The van der Waals surface area contributed by atoms with Crippen LogP contribution in [0.4, 0.5) is 5.69 Å². The molecule has 0 aliphatic carbocycles. The Balaban J connectivity index is 1.79. The minimum Gasteiger partial charge on any atom is -0.478 e. The summed E-state index contributed by atoms with van der Waals surface area (Å²) in [7, 11) is 0. The third-order valence-corrected chi connectivity index (χ3v) is 4.94. The molecule has 1 N–H and O–H groups in total.